The SMILES string of the molecule is COc1ccc(NC(C)c2ccoc2)c(C(F)(F)F)c1. The zero-order valence-electron chi connectivity index (χ0n) is 11.0. The second-order valence-electron chi connectivity index (χ2n) is 4.33. The van der Waals surface area contributed by atoms with Crippen molar-refractivity contribution in [2.45, 2.75) is 19.1 Å². The van der Waals surface area contributed by atoms with E-state index in [0.717, 1.165) is 11.6 Å². The first-order chi connectivity index (χ1) is 9.41. The molecule has 6 heteroatoms. The molecule has 1 unspecified atom stereocenters. The molecule has 3 nitrogen and oxygen atoms in total. The molecule has 2 aromatic rings. The first-order valence-electron chi connectivity index (χ1n) is 5.95. The molecule has 0 aliphatic heterocycles. The van der Waals surface area contributed by atoms with Crippen LogP contribution in [0.2, 0.25) is 0 Å². The zero-order chi connectivity index (χ0) is 14.8. The van der Waals surface area contributed by atoms with E-state index >= 15 is 0 Å². The highest BCUT2D eigenvalue weighted by Gasteiger charge is 2.34. The van der Waals surface area contributed by atoms with E-state index in [1.807, 2.05) is 0 Å². The van der Waals surface area contributed by atoms with Gasteiger partial charge in [-0.05, 0) is 31.2 Å². The molecular formula is C14H14F3NO2. The summed E-state index contributed by atoms with van der Waals surface area (Å²) in [5, 5.41) is 2.84. The largest absolute Gasteiger partial charge is 0.497 e. The van der Waals surface area contributed by atoms with Gasteiger partial charge in [0.05, 0.1) is 31.2 Å². The fraction of sp³-hybridized carbons (Fsp3) is 0.286. The molecule has 0 radical (unpaired) electrons. The Morgan fingerprint density at radius 3 is 2.55 bits per heavy atom. The van der Waals surface area contributed by atoms with Gasteiger partial charge in [0.25, 0.3) is 0 Å². The van der Waals surface area contributed by atoms with Gasteiger partial charge in [-0.3, -0.25) is 0 Å². The molecule has 1 atom stereocenters. The summed E-state index contributed by atoms with van der Waals surface area (Å²) < 4.78 is 48.9. The molecule has 1 aromatic heterocycles. The Hall–Kier alpha value is -2.11. The van der Waals surface area contributed by atoms with Crippen LogP contribution in [0.5, 0.6) is 5.75 Å². The van der Waals surface area contributed by atoms with Crippen LogP contribution in [0.4, 0.5) is 18.9 Å². The van der Waals surface area contributed by atoms with Gasteiger partial charge < -0.3 is 14.5 Å². The standard InChI is InChI=1S/C14H14F3NO2/c1-9(10-5-6-20-8-10)18-13-4-3-11(19-2)7-12(13)14(15,16)17/h3-9,18H,1-2H3. The molecule has 0 aliphatic rings. The minimum atomic E-state index is -4.45. The Morgan fingerprint density at radius 2 is 2.00 bits per heavy atom. The maximum atomic E-state index is 13.0. The van der Waals surface area contributed by atoms with Crippen molar-refractivity contribution in [3.63, 3.8) is 0 Å². The second-order valence-corrected chi connectivity index (χ2v) is 4.33. The van der Waals surface area contributed by atoms with E-state index in [2.05, 4.69) is 5.32 Å². The number of benzene rings is 1. The molecule has 1 aromatic carbocycles. The summed E-state index contributed by atoms with van der Waals surface area (Å²) in [5.74, 6) is 0.166. The van der Waals surface area contributed by atoms with Gasteiger partial charge in [0.15, 0.2) is 0 Å². The molecule has 20 heavy (non-hydrogen) atoms. The maximum absolute atomic E-state index is 13.0. The van der Waals surface area contributed by atoms with Crippen molar-refractivity contribution in [2.75, 3.05) is 12.4 Å². The smallest absolute Gasteiger partial charge is 0.418 e. The second kappa shape index (κ2) is 5.48. The summed E-state index contributed by atoms with van der Waals surface area (Å²) >= 11 is 0. The Balaban J connectivity index is 2.31. The van der Waals surface area contributed by atoms with E-state index in [-0.39, 0.29) is 17.5 Å². The van der Waals surface area contributed by atoms with Gasteiger partial charge in [0.1, 0.15) is 5.75 Å². The minimum Gasteiger partial charge on any atom is -0.497 e. The Bertz CT molecular complexity index is 564. The van der Waals surface area contributed by atoms with Crippen molar-refractivity contribution in [1.82, 2.24) is 0 Å². The molecule has 108 valence electrons. The van der Waals surface area contributed by atoms with Crippen molar-refractivity contribution >= 4 is 5.69 Å². The van der Waals surface area contributed by atoms with Gasteiger partial charge in [0, 0.05) is 11.3 Å². The highest BCUT2D eigenvalue weighted by molar-refractivity contribution is 5.56. The number of hydrogen-bond donors (Lipinski definition) is 1. The summed E-state index contributed by atoms with van der Waals surface area (Å²) in [6.45, 7) is 1.76. The normalized spacial score (nSPS) is 13.1. The van der Waals surface area contributed by atoms with Crippen LogP contribution in [-0.4, -0.2) is 7.11 Å². The number of halogens is 3. The van der Waals surface area contributed by atoms with E-state index in [0.29, 0.717) is 0 Å². The van der Waals surface area contributed by atoms with Crippen LogP contribution in [0.15, 0.2) is 41.2 Å². The first kappa shape index (κ1) is 14.3. The van der Waals surface area contributed by atoms with E-state index in [4.69, 9.17) is 9.15 Å². The number of rotatable bonds is 4. The highest BCUT2D eigenvalue weighted by atomic mass is 19.4. The van der Waals surface area contributed by atoms with Crippen LogP contribution < -0.4 is 10.1 Å². The molecule has 0 aliphatic carbocycles. The number of hydrogen-bond acceptors (Lipinski definition) is 3. The lowest BCUT2D eigenvalue weighted by molar-refractivity contribution is -0.137. The molecular weight excluding hydrogens is 271 g/mol. The van der Waals surface area contributed by atoms with Crippen molar-refractivity contribution in [2.24, 2.45) is 0 Å². The van der Waals surface area contributed by atoms with Crippen molar-refractivity contribution in [3.8, 4) is 5.75 Å². The molecule has 2 rings (SSSR count). The lowest BCUT2D eigenvalue weighted by atomic mass is 10.1. The predicted octanol–water partition coefficient (Wildman–Crippen LogP) is 4.48. The van der Waals surface area contributed by atoms with Gasteiger partial charge in [0.2, 0.25) is 0 Å². The molecule has 0 saturated heterocycles. The van der Waals surface area contributed by atoms with Crippen molar-refractivity contribution in [3.05, 3.63) is 47.9 Å². The van der Waals surface area contributed by atoms with E-state index in [9.17, 15) is 13.2 Å². The quantitative estimate of drug-likeness (QED) is 0.899. The molecule has 0 bridgehead atoms. The monoisotopic (exact) mass is 285 g/mol. The van der Waals surface area contributed by atoms with Crippen LogP contribution in [0.25, 0.3) is 0 Å². The molecule has 0 saturated carbocycles. The average molecular weight is 285 g/mol. The summed E-state index contributed by atoms with van der Waals surface area (Å²) in [6.07, 6.45) is -1.48. The fourth-order valence-electron chi connectivity index (χ4n) is 1.85. The van der Waals surface area contributed by atoms with Gasteiger partial charge in [-0.2, -0.15) is 13.2 Å². The van der Waals surface area contributed by atoms with Crippen LogP contribution in [0, 0.1) is 0 Å². The minimum absolute atomic E-state index is 0.00648. The lowest BCUT2D eigenvalue weighted by Crippen LogP contribution is -2.13. The Labute approximate surface area is 114 Å². The predicted molar refractivity (Wildman–Crippen MR) is 68.7 cm³/mol. The maximum Gasteiger partial charge on any atom is 0.418 e. The van der Waals surface area contributed by atoms with Crippen LogP contribution in [-0.2, 0) is 6.18 Å². The number of ether oxygens (including phenoxy) is 1. The Morgan fingerprint density at radius 1 is 1.25 bits per heavy atom. The van der Waals surface area contributed by atoms with Gasteiger partial charge in [-0.25, -0.2) is 0 Å². The van der Waals surface area contributed by atoms with Crippen molar-refractivity contribution < 1.29 is 22.3 Å². The van der Waals surface area contributed by atoms with Crippen LogP contribution >= 0.6 is 0 Å². The van der Waals surface area contributed by atoms with E-state index in [1.54, 1.807) is 13.0 Å². The lowest BCUT2D eigenvalue weighted by Gasteiger charge is -2.19. The van der Waals surface area contributed by atoms with Crippen molar-refractivity contribution in [1.29, 1.82) is 0 Å². The number of alkyl halides is 3. The molecule has 0 spiro atoms. The third-order valence-electron chi connectivity index (χ3n) is 2.95. The molecule has 0 fully saturated rings. The Kier molecular flexibility index (Phi) is 3.92. The summed E-state index contributed by atoms with van der Waals surface area (Å²) in [6, 6.07) is 5.22. The highest BCUT2D eigenvalue weighted by Crippen LogP contribution is 2.38. The molecule has 0 amide bonds. The van der Waals surface area contributed by atoms with Crippen LogP contribution in [0.3, 0.4) is 0 Å². The van der Waals surface area contributed by atoms with Gasteiger partial charge in [-0.1, -0.05) is 0 Å². The summed E-state index contributed by atoms with van der Waals surface area (Å²) in [7, 11) is 1.33. The average Bonchev–Trinajstić information content (AvgIpc) is 2.91. The summed E-state index contributed by atoms with van der Waals surface area (Å²) in [4.78, 5) is 0. The third-order valence-corrected chi connectivity index (χ3v) is 2.95. The van der Waals surface area contributed by atoms with Gasteiger partial charge >= 0.3 is 6.18 Å². The molecule has 1 heterocycles. The summed E-state index contributed by atoms with van der Waals surface area (Å²) in [5.41, 5.74) is 0.0214. The van der Waals surface area contributed by atoms with Gasteiger partial charge in [-0.15, -0.1) is 0 Å². The number of furan rings is 1. The number of anilines is 1. The van der Waals surface area contributed by atoms with E-state index in [1.165, 1.54) is 31.8 Å². The zero-order valence-corrected chi connectivity index (χ0v) is 11.0. The number of methoxy groups -OCH3 is 1. The fourth-order valence-corrected chi connectivity index (χ4v) is 1.85. The third kappa shape index (κ3) is 3.07. The topological polar surface area (TPSA) is 34.4 Å². The first-order valence-corrected chi connectivity index (χ1v) is 5.95. The van der Waals surface area contributed by atoms with E-state index < -0.39 is 11.7 Å². The van der Waals surface area contributed by atoms with Crippen LogP contribution in [0.1, 0.15) is 24.1 Å². The number of nitrogens with one attached hydrogen (secondary N) is 1. The molecule has 1 N–H and O–H groups in total.